The molecule has 0 atom stereocenters. The first-order valence-electron chi connectivity index (χ1n) is 9.57. The first-order valence-corrected chi connectivity index (χ1v) is 9.95. The highest BCUT2D eigenvalue weighted by Crippen LogP contribution is 2.39. The molecule has 6 heteroatoms. The van der Waals surface area contributed by atoms with Gasteiger partial charge in [0, 0.05) is 33.9 Å². The molecule has 2 heterocycles. The summed E-state index contributed by atoms with van der Waals surface area (Å²) in [5.41, 5.74) is 3.07. The van der Waals surface area contributed by atoms with Gasteiger partial charge in [0.05, 0.1) is 5.69 Å². The van der Waals surface area contributed by atoms with Crippen molar-refractivity contribution in [2.75, 3.05) is 4.90 Å². The number of aryl methyl sites for hydroxylation is 1. The highest BCUT2D eigenvalue weighted by molar-refractivity contribution is 6.30. The van der Waals surface area contributed by atoms with Crippen molar-refractivity contribution in [3.8, 4) is 5.82 Å². The van der Waals surface area contributed by atoms with Gasteiger partial charge in [-0.25, -0.2) is 4.98 Å². The van der Waals surface area contributed by atoms with Crippen LogP contribution >= 0.6 is 11.6 Å². The number of para-hydroxylation sites is 1. The molecule has 0 N–H and O–H groups in total. The number of imidazole rings is 1. The molecular weight excluding hydrogens is 394 g/mol. The SMILES string of the molecule is Cc1ccccc1N(c1cccc(Cl)c1)c1nnc(-n2ccnc2)c2ccccc12. The third-order valence-electron chi connectivity index (χ3n) is 5.03. The largest absolute Gasteiger partial charge is 0.293 e. The molecule has 0 fully saturated rings. The molecule has 0 spiro atoms. The van der Waals surface area contributed by atoms with Gasteiger partial charge in [-0.05, 0) is 36.8 Å². The molecule has 146 valence electrons. The van der Waals surface area contributed by atoms with Crippen molar-refractivity contribution in [1.82, 2.24) is 19.7 Å². The standard InChI is InChI=1S/C24H18ClN5/c1-17-7-2-5-12-22(17)30(19-9-6-8-18(25)15-19)24-21-11-4-3-10-20(21)23(27-28-24)29-14-13-26-16-29/h2-16H,1H3. The number of rotatable bonds is 4. The van der Waals surface area contributed by atoms with Crippen LogP contribution in [-0.2, 0) is 0 Å². The monoisotopic (exact) mass is 411 g/mol. The van der Waals surface area contributed by atoms with Gasteiger partial charge < -0.3 is 0 Å². The lowest BCUT2D eigenvalue weighted by Crippen LogP contribution is -2.15. The van der Waals surface area contributed by atoms with Crippen LogP contribution in [0, 0.1) is 6.92 Å². The van der Waals surface area contributed by atoms with E-state index in [0.29, 0.717) is 5.02 Å². The minimum Gasteiger partial charge on any atom is -0.293 e. The Kier molecular flexibility index (Phi) is 4.65. The number of benzene rings is 3. The van der Waals surface area contributed by atoms with Crippen LogP contribution in [0.15, 0.2) is 91.5 Å². The Labute approximate surface area is 179 Å². The zero-order chi connectivity index (χ0) is 20.5. The zero-order valence-corrected chi connectivity index (χ0v) is 17.0. The molecule has 0 aliphatic rings. The van der Waals surface area contributed by atoms with Crippen LogP contribution < -0.4 is 4.90 Å². The Hall–Kier alpha value is -3.70. The fourth-order valence-corrected chi connectivity index (χ4v) is 3.81. The van der Waals surface area contributed by atoms with Gasteiger partial charge in [-0.2, -0.15) is 0 Å². The first kappa shape index (κ1) is 18.3. The van der Waals surface area contributed by atoms with Crippen molar-refractivity contribution in [3.05, 3.63) is 102 Å². The Morgan fingerprint density at radius 2 is 1.67 bits per heavy atom. The number of fused-ring (bicyclic) bond motifs is 1. The summed E-state index contributed by atoms with van der Waals surface area (Å²) >= 11 is 6.34. The number of aromatic nitrogens is 4. The van der Waals surface area contributed by atoms with E-state index < -0.39 is 0 Å². The normalized spacial score (nSPS) is 11.0. The summed E-state index contributed by atoms with van der Waals surface area (Å²) in [6.45, 7) is 2.09. The molecule has 0 saturated heterocycles. The Morgan fingerprint density at radius 1 is 0.867 bits per heavy atom. The number of halogens is 1. The number of hydrogen-bond acceptors (Lipinski definition) is 4. The van der Waals surface area contributed by atoms with Gasteiger partial charge in [-0.3, -0.25) is 9.47 Å². The lowest BCUT2D eigenvalue weighted by Gasteiger charge is -2.27. The van der Waals surface area contributed by atoms with Gasteiger partial charge in [0.1, 0.15) is 6.33 Å². The second kappa shape index (κ2) is 7.61. The van der Waals surface area contributed by atoms with Gasteiger partial charge >= 0.3 is 0 Å². The van der Waals surface area contributed by atoms with E-state index in [0.717, 1.165) is 39.3 Å². The number of anilines is 3. The van der Waals surface area contributed by atoms with Crippen molar-refractivity contribution in [3.63, 3.8) is 0 Å². The van der Waals surface area contributed by atoms with Crippen LogP contribution in [-0.4, -0.2) is 19.7 Å². The number of hydrogen-bond donors (Lipinski definition) is 0. The summed E-state index contributed by atoms with van der Waals surface area (Å²) < 4.78 is 1.87. The molecule has 0 amide bonds. The van der Waals surface area contributed by atoms with Gasteiger partial charge in [-0.1, -0.05) is 60.1 Å². The smallest absolute Gasteiger partial charge is 0.168 e. The van der Waals surface area contributed by atoms with Gasteiger partial charge in [0.25, 0.3) is 0 Å². The van der Waals surface area contributed by atoms with Crippen molar-refractivity contribution in [2.45, 2.75) is 6.92 Å². The number of nitrogens with zero attached hydrogens (tertiary/aromatic N) is 5. The fraction of sp³-hybridized carbons (Fsp3) is 0.0417. The Balaban J connectivity index is 1.80. The highest BCUT2D eigenvalue weighted by Gasteiger charge is 2.20. The van der Waals surface area contributed by atoms with E-state index in [2.05, 4.69) is 51.3 Å². The van der Waals surface area contributed by atoms with E-state index in [1.54, 1.807) is 12.5 Å². The van der Waals surface area contributed by atoms with Crippen LogP contribution in [0.25, 0.3) is 16.6 Å². The topological polar surface area (TPSA) is 46.8 Å². The van der Waals surface area contributed by atoms with Crippen molar-refractivity contribution in [2.24, 2.45) is 0 Å². The molecule has 5 aromatic rings. The van der Waals surface area contributed by atoms with Gasteiger partial charge in [0.2, 0.25) is 0 Å². The maximum Gasteiger partial charge on any atom is 0.168 e. The Bertz CT molecular complexity index is 1330. The summed E-state index contributed by atoms with van der Waals surface area (Å²) in [4.78, 5) is 6.25. The highest BCUT2D eigenvalue weighted by atomic mass is 35.5. The molecule has 0 saturated carbocycles. The summed E-state index contributed by atoms with van der Waals surface area (Å²) in [7, 11) is 0. The third kappa shape index (κ3) is 3.19. The average Bonchev–Trinajstić information content (AvgIpc) is 3.30. The molecule has 2 aromatic heterocycles. The zero-order valence-electron chi connectivity index (χ0n) is 16.3. The molecule has 0 radical (unpaired) electrons. The van der Waals surface area contributed by atoms with Crippen molar-refractivity contribution in [1.29, 1.82) is 0 Å². The van der Waals surface area contributed by atoms with Crippen molar-refractivity contribution >= 4 is 39.6 Å². The average molecular weight is 412 g/mol. The van der Waals surface area contributed by atoms with E-state index in [1.807, 2.05) is 59.3 Å². The maximum atomic E-state index is 6.34. The van der Waals surface area contributed by atoms with E-state index in [-0.39, 0.29) is 0 Å². The predicted molar refractivity (Wildman–Crippen MR) is 121 cm³/mol. The molecule has 30 heavy (non-hydrogen) atoms. The molecule has 0 aliphatic heterocycles. The van der Waals surface area contributed by atoms with Gasteiger partial charge in [0.15, 0.2) is 11.6 Å². The van der Waals surface area contributed by atoms with Crippen LogP contribution in [0.2, 0.25) is 5.02 Å². The minimum absolute atomic E-state index is 0.665. The first-order chi connectivity index (χ1) is 14.7. The van der Waals surface area contributed by atoms with Crippen LogP contribution in [0.1, 0.15) is 5.56 Å². The molecule has 3 aromatic carbocycles. The van der Waals surface area contributed by atoms with E-state index in [9.17, 15) is 0 Å². The van der Waals surface area contributed by atoms with E-state index >= 15 is 0 Å². The summed E-state index contributed by atoms with van der Waals surface area (Å²) in [5, 5.41) is 11.9. The van der Waals surface area contributed by atoms with Crippen LogP contribution in [0.5, 0.6) is 0 Å². The van der Waals surface area contributed by atoms with Crippen LogP contribution in [0.4, 0.5) is 17.2 Å². The molecular formula is C24H18ClN5. The van der Waals surface area contributed by atoms with E-state index in [1.165, 1.54) is 0 Å². The molecule has 5 rings (SSSR count). The maximum absolute atomic E-state index is 6.34. The molecule has 0 unspecified atom stereocenters. The fourth-order valence-electron chi connectivity index (χ4n) is 3.62. The second-order valence-electron chi connectivity index (χ2n) is 6.96. The van der Waals surface area contributed by atoms with Gasteiger partial charge in [-0.15, -0.1) is 10.2 Å². The minimum atomic E-state index is 0.665. The summed E-state index contributed by atoms with van der Waals surface area (Å²) in [6, 6.07) is 24.1. The summed E-state index contributed by atoms with van der Waals surface area (Å²) in [6.07, 6.45) is 5.33. The quantitative estimate of drug-likeness (QED) is 0.351. The molecule has 0 bridgehead atoms. The third-order valence-corrected chi connectivity index (χ3v) is 5.27. The predicted octanol–water partition coefficient (Wildman–Crippen LogP) is 6.25. The Morgan fingerprint density at radius 3 is 2.43 bits per heavy atom. The molecule has 0 aliphatic carbocycles. The van der Waals surface area contributed by atoms with Crippen LogP contribution in [0.3, 0.4) is 0 Å². The van der Waals surface area contributed by atoms with Crippen molar-refractivity contribution < 1.29 is 0 Å². The lowest BCUT2D eigenvalue weighted by molar-refractivity contribution is 0.923. The van der Waals surface area contributed by atoms with E-state index in [4.69, 9.17) is 11.6 Å². The molecule has 5 nitrogen and oxygen atoms in total. The lowest BCUT2D eigenvalue weighted by atomic mass is 10.1. The summed E-state index contributed by atoms with van der Waals surface area (Å²) in [5.74, 6) is 1.48. The second-order valence-corrected chi connectivity index (χ2v) is 7.40.